The first kappa shape index (κ1) is 14.4. The normalized spacial score (nSPS) is 10.4. The molecule has 1 aromatic heterocycles. The van der Waals surface area contributed by atoms with Gasteiger partial charge in [0.05, 0.1) is 17.8 Å². The highest BCUT2D eigenvalue weighted by atomic mass is 35.5. The first-order valence-electron chi connectivity index (χ1n) is 6.00. The van der Waals surface area contributed by atoms with E-state index in [0.29, 0.717) is 22.8 Å². The monoisotopic (exact) mass is 293 g/mol. The fraction of sp³-hybridized carbons (Fsp3) is 0.231. The van der Waals surface area contributed by atoms with Crippen LogP contribution in [0.1, 0.15) is 16.2 Å². The number of anilines is 1. The molecule has 0 unspecified atom stereocenters. The summed E-state index contributed by atoms with van der Waals surface area (Å²) in [7, 11) is 3.59. The predicted octanol–water partition coefficient (Wildman–Crippen LogP) is 1.63. The van der Waals surface area contributed by atoms with Gasteiger partial charge in [0.1, 0.15) is 5.82 Å². The molecule has 3 N–H and O–H groups in total. The molecule has 106 valence electrons. The Morgan fingerprint density at radius 1 is 1.55 bits per heavy atom. The van der Waals surface area contributed by atoms with E-state index in [1.54, 1.807) is 36.3 Å². The molecule has 1 amide bonds. The van der Waals surface area contributed by atoms with Crippen LogP contribution in [0, 0.1) is 0 Å². The number of amides is 1. The number of benzene rings is 1. The van der Waals surface area contributed by atoms with Crippen molar-refractivity contribution in [2.24, 2.45) is 12.9 Å². The van der Waals surface area contributed by atoms with Gasteiger partial charge in [-0.05, 0) is 18.2 Å². The fourth-order valence-electron chi connectivity index (χ4n) is 1.86. The minimum atomic E-state index is -0.177. The van der Waals surface area contributed by atoms with Gasteiger partial charge in [-0.25, -0.2) is 4.98 Å². The standard InChI is InChI=1S/C13H16ClN5O/c1-18-6-5-16-12(18)8-19(2)13(20)10-7-9(14)3-4-11(10)17-15/h3-7,17H,8,15H2,1-2H3. The summed E-state index contributed by atoms with van der Waals surface area (Å²) < 4.78 is 1.86. The Labute approximate surface area is 122 Å². The molecule has 0 radical (unpaired) electrons. The van der Waals surface area contributed by atoms with Crippen LogP contribution >= 0.6 is 11.6 Å². The highest BCUT2D eigenvalue weighted by molar-refractivity contribution is 6.31. The molecule has 0 atom stereocenters. The van der Waals surface area contributed by atoms with Crippen molar-refractivity contribution in [2.45, 2.75) is 6.54 Å². The van der Waals surface area contributed by atoms with Gasteiger partial charge in [0.15, 0.2) is 0 Å². The van der Waals surface area contributed by atoms with Crippen LogP contribution in [0.15, 0.2) is 30.6 Å². The van der Waals surface area contributed by atoms with E-state index < -0.39 is 0 Å². The summed E-state index contributed by atoms with van der Waals surface area (Å²) in [6, 6.07) is 4.93. The molecule has 0 aliphatic rings. The maximum Gasteiger partial charge on any atom is 0.256 e. The number of hydrazine groups is 1. The van der Waals surface area contributed by atoms with Crippen LogP contribution in [-0.4, -0.2) is 27.4 Å². The lowest BCUT2D eigenvalue weighted by molar-refractivity contribution is 0.0781. The Kier molecular flexibility index (Phi) is 4.26. The van der Waals surface area contributed by atoms with Crippen molar-refractivity contribution >= 4 is 23.2 Å². The summed E-state index contributed by atoms with van der Waals surface area (Å²) in [5.74, 6) is 6.04. The number of nitrogen functional groups attached to an aromatic ring is 1. The molecule has 0 bridgehead atoms. The molecular weight excluding hydrogens is 278 g/mol. The van der Waals surface area contributed by atoms with Gasteiger partial charge in [-0.2, -0.15) is 0 Å². The molecule has 0 spiro atoms. The van der Waals surface area contributed by atoms with Crippen LogP contribution in [0.3, 0.4) is 0 Å². The second kappa shape index (κ2) is 5.94. The van der Waals surface area contributed by atoms with Crippen LogP contribution in [0.25, 0.3) is 0 Å². The van der Waals surface area contributed by atoms with Gasteiger partial charge in [-0.3, -0.25) is 10.6 Å². The molecule has 0 saturated heterocycles. The number of carbonyl (C=O) groups excluding carboxylic acids is 1. The summed E-state index contributed by atoms with van der Waals surface area (Å²) in [6.45, 7) is 0.402. The van der Waals surface area contributed by atoms with Crippen molar-refractivity contribution in [2.75, 3.05) is 12.5 Å². The first-order chi connectivity index (χ1) is 9.52. The fourth-order valence-corrected chi connectivity index (χ4v) is 2.03. The van der Waals surface area contributed by atoms with Crippen molar-refractivity contribution in [3.05, 3.63) is 47.0 Å². The molecular formula is C13H16ClN5O. The lowest BCUT2D eigenvalue weighted by Gasteiger charge is -2.18. The van der Waals surface area contributed by atoms with Gasteiger partial charge in [-0.15, -0.1) is 0 Å². The SMILES string of the molecule is CN(Cc1nccn1C)C(=O)c1cc(Cl)ccc1NN. The number of imidazole rings is 1. The van der Waals surface area contributed by atoms with E-state index in [0.717, 1.165) is 5.82 Å². The zero-order chi connectivity index (χ0) is 14.7. The zero-order valence-electron chi connectivity index (χ0n) is 11.3. The highest BCUT2D eigenvalue weighted by Gasteiger charge is 2.17. The summed E-state index contributed by atoms with van der Waals surface area (Å²) in [6.07, 6.45) is 3.53. The van der Waals surface area contributed by atoms with E-state index in [1.807, 2.05) is 17.8 Å². The zero-order valence-corrected chi connectivity index (χ0v) is 12.1. The third-order valence-electron chi connectivity index (χ3n) is 3.01. The summed E-state index contributed by atoms with van der Waals surface area (Å²) in [5, 5.41) is 0.484. The highest BCUT2D eigenvalue weighted by Crippen LogP contribution is 2.21. The largest absolute Gasteiger partial charge is 0.337 e. The molecule has 0 aliphatic heterocycles. The summed E-state index contributed by atoms with van der Waals surface area (Å²) >= 11 is 5.93. The summed E-state index contributed by atoms with van der Waals surface area (Å²) in [4.78, 5) is 18.2. The van der Waals surface area contributed by atoms with Gasteiger partial charge in [0, 0.05) is 31.5 Å². The van der Waals surface area contributed by atoms with Crippen molar-refractivity contribution in [3.8, 4) is 0 Å². The van der Waals surface area contributed by atoms with E-state index in [2.05, 4.69) is 10.4 Å². The maximum atomic E-state index is 12.4. The Morgan fingerprint density at radius 2 is 2.30 bits per heavy atom. The number of nitrogens with one attached hydrogen (secondary N) is 1. The van der Waals surface area contributed by atoms with Gasteiger partial charge >= 0.3 is 0 Å². The van der Waals surface area contributed by atoms with Gasteiger partial charge in [-0.1, -0.05) is 11.6 Å². The van der Waals surface area contributed by atoms with Gasteiger partial charge in [0.25, 0.3) is 5.91 Å². The molecule has 0 aliphatic carbocycles. The molecule has 0 saturated carbocycles. The molecule has 2 rings (SSSR count). The van der Waals surface area contributed by atoms with Gasteiger partial charge < -0.3 is 14.9 Å². The molecule has 0 fully saturated rings. The number of aryl methyl sites for hydroxylation is 1. The number of halogens is 1. The van der Waals surface area contributed by atoms with Crippen LogP contribution in [0.5, 0.6) is 0 Å². The molecule has 7 heteroatoms. The third kappa shape index (κ3) is 2.92. The Bertz CT molecular complexity index is 625. The molecule has 1 aromatic carbocycles. The van der Waals surface area contributed by atoms with Crippen molar-refractivity contribution in [3.63, 3.8) is 0 Å². The van der Waals surface area contributed by atoms with E-state index in [1.165, 1.54) is 0 Å². The van der Waals surface area contributed by atoms with Crippen LogP contribution < -0.4 is 11.3 Å². The maximum absolute atomic E-state index is 12.4. The van der Waals surface area contributed by atoms with Crippen molar-refractivity contribution in [1.29, 1.82) is 0 Å². The number of rotatable bonds is 4. The Balaban J connectivity index is 2.22. The quantitative estimate of drug-likeness (QED) is 0.663. The molecule has 2 aromatic rings. The third-order valence-corrected chi connectivity index (χ3v) is 3.25. The van der Waals surface area contributed by atoms with E-state index in [-0.39, 0.29) is 5.91 Å². The predicted molar refractivity (Wildman–Crippen MR) is 78.3 cm³/mol. The van der Waals surface area contributed by atoms with Crippen LogP contribution in [0.2, 0.25) is 5.02 Å². The second-order valence-electron chi connectivity index (χ2n) is 4.45. The lowest BCUT2D eigenvalue weighted by Crippen LogP contribution is -2.28. The summed E-state index contributed by atoms with van der Waals surface area (Å²) in [5.41, 5.74) is 3.46. The van der Waals surface area contributed by atoms with Gasteiger partial charge in [0.2, 0.25) is 0 Å². The molecule has 20 heavy (non-hydrogen) atoms. The smallest absolute Gasteiger partial charge is 0.256 e. The van der Waals surface area contributed by atoms with Crippen molar-refractivity contribution < 1.29 is 4.79 Å². The average Bonchev–Trinajstić information content (AvgIpc) is 2.83. The van der Waals surface area contributed by atoms with Crippen LogP contribution in [0.4, 0.5) is 5.69 Å². The van der Waals surface area contributed by atoms with E-state index >= 15 is 0 Å². The number of aromatic nitrogens is 2. The number of nitrogens with zero attached hydrogens (tertiary/aromatic N) is 3. The molecule has 6 nitrogen and oxygen atoms in total. The second-order valence-corrected chi connectivity index (χ2v) is 4.89. The minimum absolute atomic E-state index is 0.177. The number of carbonyl (C=O) groups is 1. The Hall–Kier alpha value is -2.05. The topological polar surface area (TPSA) is 76.2 Å². The Morgan fingerprint density at radius 3 is 2.90 bits per heavy atom. The van der Waals surface area contributed by atoms with Crippen molar-refractivity contribution in [1.82, 2.24) is 14.5 Å². The average molecular weight is 294 g/mol. The number of hydrogen-bond donors (Lipinski definition) is 2. The number of hydrogen-bond acceptors (Lipinski definition) is 4. The number of nitrogens with two attached hydrogens (primary N) is 1. The molecule has 1 heterocycles. The van der Waals surface area contributed by atoms with E-state index in [9.17, 15) is 4.79 Å². The lowest BCUT2D eigenvalue weighted by atomic mass is 10.1. The minimum Gasteiger partial charge on any atom is -0.337 e. The van der Waals surface area contributed by atoms with E-state index in [4.69, 9.17) is 17.4 Å². The van der Waals surface area contributed by atoms with Crippen LogP contribution in [-0.2, 0) is 13.6 Å². The first-order valence-corrected chi connectivity index (χ1v) is 6.38.